The molecule has 4 nitrogen and oxygen atoms in total. The van der Waals surface area contributed by atoms with Crippen molar-refractivity contribution in [1.29, 1.82) is 0 Å². The smallest absolute Gasteiger partial charge is 0.124 e. The van der Waals surface area contributed by atoms with Crippen molar-refractivity contribution in [3.8, 4) is 5.75 Å². The van der Waals surface area contributed by atoms with Crippen LogP contribution in [0.15, 0.2) is 48.8 Å². The summed E-state index contributed by atoms with van der Waals surface area (Å²) in [4.78, 5) is 4.09. The third-order valence-corrected chi connectivity index (χ3v) is 3.74. The van der Waals surface area contributed by atoms with Gasteiger partial charge in [0, 0.05) is 36.6 Å². The van der Waals surface area contributed by atoms with E-state index in [1.807, 2.05) is 57.2 Å². The Hall–Kier alpha value is -1.91. The molecule has 4 heteroatoms. The molecular weight excluding hydrogens is 288 g/mol. The molecule has 1 aromatic heterocycles. The van der Waals surface area contributed by atoms with Gasteiger partial charge >= 0.3 is 0 Å². The van der Waals surface area contributed by atoms with Crippen LogP contribution in [-0.4, -0.2) is 22.7 Å². The van der Waals surface area contributed by atoms with E-state index in [9.17, 15) is 5.11 Å². The molecule has 0 amide bonds. The van der Waals surface area contributed by atoms with Crippen molar-refractivity contribution in [1.82, 2.24) is 10.3 Å². The van der Waals surface area contributed by atoms with Crippen LogP contribution in [0, 0.1) is 5.41 Å². The Labute approximate surface area is 138 Å². The molecular formula is C19H26N2O2. The predicted molar refractivity (Wildman–Crippen MR) is 92.2 cm³/mol. The van der Waals surface area contributed by atoms with Crippen molar-refractivity contribution in [3.63, 3.8) is 0 Å². The average molecular weight is 314 g/mol. The van der Waals surface area contributed by atoms with Crippen LogP contribution in [0.25, 0.3) is 0 Å². The molecule has 1 unspecified atom stereocenters. The fourth-order valence-electron chi connectivity index (χ4n) is 2.09. The van der Waals surface area contributed by atoms with Gasteiger partial charge in [0.15, 0.2) is 0 Å². The lowest BCUT2D eigenvalue weighted by Crippen LogP contribution is -2.36. The van der Waals surface area contributed by atoms with Crippen molar-refractivity contribution in [2.45, 2.75) is 40.0 Å². The third kappa shape index (κ3) is 5.66. The van der Waals surface area contributed by atoms with Crippen LogP contribution >= 0.6 is 0 Å². The molecule has 2 aromatic rings. The molecule has 124 valence electrons. The Kier molecular flexibility index (Phi) is 6.13. The molecule has 0 bridgehead atoms. The number of hydrogen-bond donors (Lipinski definition) is 2. The minimum Gasteiger partial charge on any atom is -0.489 e. The van der Waals surface area contributed by atoms with Crippen molar-refractivity contribution >= 4 is 0 Å². The number of nitrogens with one attached hydrogen (secondary N) is 1. The molecule has 1 heterocycles. The highest BCUT2D eigenvalue weighted by molar-refractivity contribution is 5.33. The molecule has 0 spiro atoms. The summed E-state index contributed by atoms with van der Waals surface area (Å²) in [6, 6.07) is 11.9. The van der Waals surface area contributed by atoms with E-state index in [-0.39, 0.29) is 11.5 Å². The number of nitrogens with zero attached hydrogens (tertiary/aromatic N) is 1. The fraction of sp³-hybridized carbons (Fsp3) is 0.421. The van der Waals surface area contributed by atoms with E-state index in [0.717, 1.165) is 16.9 Å². The molecule has 0 aliphatic heterocycles. The zero-order valence-corrected chi connectivity index (χ0v) is 14.1. The SMILES string of the molecule is CC(C)(C)C(O)CNCc1ccccc1OCc1cccnc1. The molecule has 0 saturated carbocycles. The summed E-state index contributed by atoms with van der Waals surface area (Å²) in [6.45, 7) is 7.81. The zero-order chi connectivity index (χ0) is 16.7. The highest BCUT2D eigenvalue weighted by Crippen LogP contribution is 2.20. The van der Waals surface area contributed by atoms with Crippen LogP contribution in [0.5, 0.6) is 5.75 Å². The maximum atomic E-state index is 10.1. The summed E-state index contributed by atoms with van der Waals surface area (Å²) in [6.07, 6.45) is 3.17. The summed E-state index contributed by atoms with van der Waals surface area (Å²) in [5.74, 6) is 0.856. The quantitative estimate of drug-likeness (QED) is 0.824. The molecule has 0 saturated heterocycles. The molecule has 0 fully saturated rings. The zero-order valence-electron chi connectivity index (χ0n) is 14.1. The van der Waals surface area contributed by atoms with Crippen molar-refractivity contribution in [3.05, 3.63) is 59.9 Å². The van der Waals surface area contributed by atoms with E-state index >= 15 is 0 Å². The number of pyridine rings is 1. The number of para-hydroxylation sites is 1. The lowest BCUT2D eigenvalue weighted by molar-refractivity contribution is 0.0627. The van der Waals surface area contributed by atoms with Gasteiger partial charge in [-0.1, -0.05) is 45.0 Å². The van der Waals surface area contributed by atoms with Gasteiger partial charge in [0.05, 0.1) is 6.10 Å². The van der Waals surface area contributed by atoms with Crippen LogP contribution < -0.4 is 10.1 Å². The second-order valence-corrected chi connectivity index (χ2v) is 6.77. The van der Waals surface area contributed by atoms with Gasteiger partial charge in [0.25, 0.3) is 0 Å². The minimum absolute atomic E-state index is 0.122. The van der Waals surface area contributed by atoms with Gasteiger partial charge in [0.2, 0.25) is 0 Å². The monoisotopic (exact) mass is 314 g/mol. The Morgan fingerprint density at radius 1 is 1.17 bits per heavy atom. The van der Waals surface area contributed by atoms with Crippen LogP contribution in [0.4, 0.5) is 0 Å². The van der Waals surface area contributed by atoms with E-state index < -0.39 is 0 Å². The molecule has 0 aliphatic rings. The summed E-state index contributed by atoms with van der Waals surface area (Å²) < 4.78 is 5.91. The Balaban J connectivity index is 1.90. The lowest BCUT2D eigenvalue weighted by Gasteiger charge is -2.26. The van der Waals surface area contributed by atoms with Crippen LogP contribution in [0.1, 0.15) is 31.9 Å². The number of aliphatic hydroxyl groups excluding tert-OH is 1. The number of hydrogen-bond acceptors (Lipinski definition) is 4. The molecule has 2 N–H and O–H groups in total. The van der Waals surface area contributed by atoms with Gasteiger partial charge in [-0.05, 0) is 17.5 Å². The maximum Gasteiger partial charge on any atom is 0.124 e. The first kappa shape index (κ1) is 17.4. The van der Waals surface area contributed by atoms with Crippen LogP contribution in [-0.2, 0) is 13.2 Å². The minimum atomic E-state index is -0.383. The Morgan fingerprint density at radius 3 is 2.65 bits per heavy atom. The largest absolute Gasteiger partial charge is 0.489 e. The van der Waals surface area contributed by atoms with Crippen molar-refractivity contribution in [2.24, 2.45) is 5.41 Å². The topological polar surface area (TPSA) is 54.4 Å². The van der Waals surface area contributed by atoms with Crippen LogP contribution in [0.2, 0.25) is 0 Å². The third-order valence-electron chi connectivity index (χ3n) is 3.74. The Morgan fingerprint density at radius 2 is 1.96 bits per heavy atom. The van der Waals surface area contributed by atoms with Gasteiger partial charge in [-0.2, -0.15) is 0 Å². The van der Waals surface area contributed by atoms with Gasteiger partial charge < -0.3 is 15.2 Å². The van der Waals surface area contributed by atoms with Crippen LogP contribution in [0.3, 0.4) is 0 Å². The van der Waals surface area contributed by atoms with E-state index in [0.29, 0.717) is 19.7 Å². The summed E-state index contributed by atoms with van der Waals surface area (Å²) in [7, 11) is 0. The average Bonchev–Trinajstić information content (AvgIpc) is 2.54. The van der Waals surface area contributed by atoms with Crippen molar-refractivity contribution < 1.29 is 9.84 Å². The summed E-state index contributed by atoms with van der Waals surface area (Å²) >= 11 is 0. The summed E-state index contributed by atoms with van der Waals surface area (Å²) in [5.41, 5.74) is 2.00. The van der Waals surface area contributed by atoms with Gasteiger partial charge in [-0.3, -0.25) is 4.98 Å². The number of aliphatic hydroxyl groups is 1. The first-order valence-electron chi connectivity index (χ1n) is 7.95. The molecule has 23 heavy (non-hydrogen) atoms. The first-order chi connectivity index (χ1) is 11.0. The lowest BCUT2D eigenvalue weighted by atomic mass is 9.89. The predicted octanol–water partition coefficient (Wildman–Crippen LogP) is 3.16. The van der Waals surface area contributed by atoms with Gasteiger partial charge in [-0.25, -0.2) is 0 Å². The number of ether oxygens (including phenoxy) is 1. The standard InChI is InChI=1S/C19H26N2O2/c1-19(2,3)18(22)13-21-12-16-8-4-5-9-17(16)23-14-15-7-6-10-20-11-15/h4-11,18,21-22H,12-14H2,1-3H3. The molecule has 2 rings (SSSR count). The fourth-order valence-corrected chi connectivity index (χ4v) is 2.09. The first-order valence-corrected chi connectivity index (χ1v) is 7.95. The van der Waals surface area contributed by atoms with Crippen molar-refractivity contribution in [2.75, 3.05) is 6.54 Å². The highest BCUT2D eigenvalue weighted by atomic mass is 16.5. The van der Waals surface area contributed by atoms with E-state index in [1.165, 1.54) is 0 Å². The number of benzene rings is 1. The van der Waals surface area contributed by atoms with E-state index in [4.69, 9.17) is 4.74 Å². The second-order valence-electron chi connectivity index (χ2n) is 6.77. The highest BCUT2D eigenvalue weighted by Gasteiger charge is 2.21. The van der Waals surface area contributed by atoms with E-state index in [1.54, 1.807) is 12.4 Å². The number of rotatable bonds is 7. The normalized spacial score (nSPS) is 12.9. The van der Waals surface area contributed by atoms with Gasteiger partial charge in [-0.15, -0.1) is 0 Å². The molecule has 0 radical (unpaired) electrons. The molecule has 1 atom stereocenters. The van der Waals surface area contributed by atoms with Gasteiger partial charge in [0.1, 0.15) is 12.4 Å². The maximum absolute atomic E-state index is 10.1. The second kappa shape index (κ2) is 8.09. The Bertz CT molecular complexity index is 594. The molecule has 1 aromatic carbocycles. The summed E-state index contributed by atoms with van der Waals surface area (Å²) in [5, 5.41) is 13.4. The number of aromatic nitrogens is 1. The van der Waals surface area contributed by atoms with E-state index in [2.05, 4.69) is 10.3 Å². The molecule has 0 aliphatic carbocycles.